The molecule has 0 saturated heterocycles. The van der Waals surface area contributed by atoms with Gasteiger partial charge in [0.15, 0.2) is 0 Å². The van der Waals surface area contributed by atoms with Crippen LogP contribution in [-0.2, 0) is 6.61 Å². The van der Waals surface area contributed by atoms with E-state index in [0.29, 0.717) is 21.9 Å². The van der Waals surface area contributed by atoms with Crippen LogP contribution >= 0.6 is 11.6 Å². The predicted molar refractivity (Wildman–Crippen MR) is 79.6 cm³/mol. The van der Waals surface area contributed by atoms with E-state index in [9.17, 15) is 8.78 Å². The first-order chi connectivity index (χ1) is 10.0. The lowest BCUT2D eigenvalue weighted by Crippen LogP contribution is -2.14. The third-order valence-electron chi connectivity index (χ3n) is 3.26. The maximum atomic E-state index is 13.4. The van der Waals surface area contributed by atoms with Gasteiger partial charge < -0.3 is 10.1 Å². The van der Waals surface area contributed by atoms with E-state index in [1.807, 2.05) is 6.92 Å². The van der Waals surface area contributed by atoms with Crippen molar-refractivity contribution in [3.05, 3.63) is 64.2 Å². The van der Waals surface area contributed by atoms with Gasteiger partial charge in [-0.05, 0) is 50.4 Å². The van der Waals surface area contributed by atoms with Crippen LogP contribution in [0.4, 0.5) is 8.78 Å². The summed E-state index contributed by atoms with van der Waals surface area (Å²) in [6.07, 6.45) is 0. The molecule has 1 atom stereocenters. The average molecular weight is 312 g/mol. The van der Waals surface area contributed by atoms with Crippen molar-refractivity contribution in [2.24, 2.45) is 0 Å². The van der Waals surface area contributed by atoms with E-state index in [1.165, 1.54) is 30.3 Å². The van der Waals surface area contributed by atoms with Crippen LogP contribution < -0.4 is 10.1 Å². The SMILES string of the molecule is CNC(C)c1cc(F)ccc1OCc1cc(F)ccc1Cl. The predicted octanol–water partition coefficient (Wildman–Crippen LogP) is 4.48. The standard InChI is InChI=1S/C16H16ClF2NO/c1-10(20-2)14-8-13(19)4-6-16(14)21-9-11-7-12(18)3-5-15(11)17/h3-8,10,20H,9H2,1-2H3. The zero-order valence-corrected chi connectivity index (χ0v) is 12.5. The van der Waals surface area contributed by atoms with E-state index in [-0.39, 0.29) is 24.3 Å². The van der Waals surface area contributed by atoms with Crippen molar-refractivity contribution in [2.45, 2.75) is 19.6 Å². The lowest BCUT2D eigenvalue weighted by molar-refractivity contribution is 0.299. The molecule has 1 unspecified atom stereocenters. The number of nitrogens with one attached hydrogen (secondary N) is 1. The first-order valence-electron chi connectivity index (χ1n) is 6.54. The molecule has 0 radical (unpaired) electrons. The maximum absolute atomic E-state index is 13.4. The van der Waals surface area contributed by atoms with Crippen LogP contribution in [0.5, 0.6) is 5.75 Å². The second-order valence-electron chi connectivity index (χ2n) is 4.72. The molecule has 0 aliphatic carbocycles. The molecule has 0 aromatic heterocycles. The van der Waals surface area contributed by atoms with Crippen molar-refractivity contribution < 1.29 is 13.5 Å². The monoisotopic (exact) mass is 311 g/mol. The molecule has 0 saturated carbocycles. The van der Waals surface area contributed by atoms with Crippen molar-refractivity contribution in [2.75, 3.05) is 7.05 Å². The number of ether oxygens (including phenoxy) is 1. The molecular formula is C16H16ClF2NO. The smallest absolute Gasteiger partial charge is 0.124 e. The van der Waals surface area contributed by atoms with E-state index in [0.717, 1.165) is 0 Å². The van der Waals surface area contributed by atoms with Gasteiger partial charge in [-0.2, -0.15) is 0 Å². The molecule has 2 aromatic rings. The van der Waals surface area contributed by atoms with Gasteiger partial charge in [-0.1, -0.05) is 11.6 Å². The first-order valence-corrected chi connectivity index (χ1v) is 6.92. The molecule has 21 heavy (non-hydrogen) atoms. The first kappa shape index (κ1) is 15.7. The highest BCUT2D eigenvalue weighted by Crippen LogP contribution is 2.27. The summed E-state index contributed by atoms with van der Waals surface area (Å²) in [6.45, 7) is 2.02. The second kappa shape index (κ2) is 6.87. The molecule has 0 amide bonds. The van der Waals surface area contributed by atoms with E-state index >= 15 is 0 Å². The van der Waals surface area contributed by atoms with Gasteiger partial charge in [0.2, 0.25) is 0 Å². The minimum absolute atomic E-state index is 0.0707. The summed E-state index contributed by atoms with van der Waals surface area (Å²) in [6, 6.07) is 8.34. The van der Waals surface area contributed by atoms with Crippen LogP contribution in [-0.4, -0.2) is 7.05 Å². The lowest BCUT2D eigenvalue weighted by atomic mass is 10.1. The Hall–Kier alpha value is -1.65. The lowest BCUT2D eigenvalue weighted by Gasteiger charge is -2.17. The summed E-state index contributed by atoms with van der Waals surface area (Å²) >= 11 is 6.00. The fourth-order valence-electron chi connectivity index (χ4n) is 1.95. The minimum Gasteiger partial charge on any atom is -0.489 e. The van der Waals surface area contributed by atoms with Crippen LogP contribution in [0.3, 0.4) is 0 Å². The van der Waals surface area contributed by atoms with Crippen molar-refractivity contribution >= 4 is 11.6 Å². The van der Waals surface area contributed by atoms with Gasteiger partial charge in [-0.15, -0.1) is 0 Å². The van der Waals surface area contributed by atoms with Crippen molar-refractivity contribution in [1.29, 1.82) is 0 Å². The summed E-state index contributed by atoms with van der Waals surface area (Å²) in [5.41, 5.74) is 1.24. The van der Waals surface area contributed by atoms with Crippen LogP contribution in [0.1, 0.15) is 24.1 Å². The molecule has 5 heteroatoms. The highest BCUT2D eigenvalue weighted by molar-refractivity contribution is 6.31. The Morgan fingerprint density at radius 3 is 2.52 bits per heavy atom. The van der Waals surface area contributed by atoms with Crippen LogP contribution in [0, 0.1) is 11.6 Å². The molecule has 0 aliphatic heterocycles. The quantitative estimate of drug-likeness (QED) is 0.879. The number of benzene rings is 2. The van der Waals surface area contributed by atoms with Crippen molar-refractivity contribution in [1.82, 2.24) is 5.32 Å². The number of hydrogen-bond donors (Lipinski definition) is 1. The molecule has 2 nitrogen and oxygen atoms in total. The largest absolute Gasteiger partial charge is 0.489 e. The van der Waals surface area contributed by atoms with Gasteiger partial charge in [-0.25, -0.2) is 8.78 Å². The zero-order valence-electron chi connectivity index (χ0n) is 11.8. The number of halogens is 3. The fourth-order valence-corrected chi connectivity index (χ4v) is 2.13. The molecule has 0 fully saturated rings. The third kappa shape index (κ3) is 3.93. The summed E-state index contributed by atoms with van der Waals surface area (Å²) in [5, 5.41) is 3.47. The van der Waals surface area contributed by atoms with Gasteiger partial charge in [0.1, 0.15) is 24.0 Å². The molecule has 0 heterocycles. The second-order valence-corrected chi connectivity index (χ2v) is 5.12. The molecule has 0 bridgehead atoms. The van der Waals surface area contributed by atoms with Gasteiger partial charge in [0, 0.05) is 22.2 Å². The highest BCUT2D eigenvalue weighted by Gasteiger charge is 2.12. The van der Waals surface area contributed by atoms with Crippen molar-refractivity contribution in [3.63, 3.8) is 0 Å². The highest BCUT2D eigenvalue weighted by atomic mass is 35.5. The molecular weight excluding hydrogens is 296 g/mol. The normalized spacial score (nSPS) is 12.2. The van der Waals surface area contributed by atoms with Crippen molar-refractivity contribution in [3.8, 4) is 5.75 Å². The number of rotatable bonds is 5. The Morgan fingerprint density at radius 1 is 1.14 bits per heavy atom. The molecule has 2 rings (SSSR count). The average Bonchev–Trinajstić information content (AvgIpc) is 2.48. The van der Waals surface area contributed by atoms with Gasteiger partial charge in [0.25, 0.3) is 0 Å². The van der Waals surface area contributed by atoms with E-state index in [4.69, 9.17) is 16.3 Å². The number of hydrogen-bond acceptors (Lipinski definition) is 2. The van der Waals surface area contributed by atoms with E-state index in [1.54, 1.807) is 13.1 Å². The summed E-state index contributed by atoms with van der Waals surface area (Å²) in [5.74, 6) is -0.164. The van der Waals surface area contributed by atoms with Crippen LogP contribution in [0.2, 0.25) is 5.02 Å². The summed E-state index contributed by atoms with van der Waals surface area (Å²) < 4.78 is 32.3. The zero-order chi connectivity index (χ0) is 15.4. The maximum Gasteiger partial charge on any atom is 0.124 e. The summed E-state index contributed by atoms with van der Waals surface area (Å²) in [4.78, 5) is 0. The Morgan fingerprint density at radius 2 is 1.81 bits per heavy atom. The molecule has 112 valence electrons. The Labute approximate surface area is 127 Å². The molecule has 2 aromatic carbocycles. The topological polar surface area (TPSA) is 21.3 Å². The third-order valence-corrected chi connectivity index (χ3v) is 3.63. The van der Waals surface area contributed by atoms with E-state index in [2.05, 4.69) is 5.32 Å². The van der Waals surface area contributed by atoms with Crippen LogP contribution in [0.25, 0.3) is 0 Å². The fraction of sp³-hybridized carbons (Fsp3) is 0.250. The summed E-state index contributed by atoms with van der Waals surface area (Å²) in [7, 11) is 1.78. The Balaban J connectivity index is 2.21. The van der Waals surface area contributed by atoms with Gasteiger partial charge in [-0.3, -0.25) is 0 Å². The molecule has 1 N–H and O–H groups in total. The van der Waals surface area contributed by atoms with Gasteiger partial charge in [0.05, 0.1) is 0 Å². The van der Waals surface area contributed by atoms with Crippen LogP contribution in [0.15, 0.2) is 36.4 Å². The molecule has 0 spiro atoms. The minimum atomic E-state index is -0.374. The van der Waals surface area contributed by atoms with Gasteiger partial charge >= 0.3 is 0 Å². The van der Waals surface area contributed by atoms with E-state index < -0.39 is 0 Å². The Kier molecular flexibility index (Phi) is 5.15. The molecule has 0 aliphatic rings. The Bertz CT molecular complexity index is 634.